The third-order valence-corrected chi connectivity index (χ3v) is 8.62. The number of alkyl halides is 3. The second-order valence-electron chi connectivity index (χ2n) is 9.61. The van der Waals surface area contributed by atoms with Crippen molar-refractivity contribution in [1.82, 2.24) is 19.4 Å². The van der Waals surface area contributed by atoms with Crippen LogP contribution in [0.15, 0.2) is 23.1 Å². The van der Waals surface area contributed by atoms with Crippen LogP contribution in [0.3, 0.4) is 0 Å². The van der Waals surface area contributed by atoms with Gasteiger partial charge in [0.1, 0.15) is 0 Å². The monoisotopic (exact) mass is 564 g/mol. The Labute approximate surface area is 223 Å². The number of sulfonamides is 1. The molecule has 13 heteroatoms. The van der Waals surface area contributed by atoms with Crippen molar-refractivity contribution in [3.63, 3.8) is 0 Å². The lowest BCUT2D eigenvalue weighted by Gasteiger charge is -2.30. The van der Waals surface area contributed by atoms with Crippen LogP contribution in [-0.4, -0.2) is 105 Å². The summed E-state index contributed by atoms with van der Waals surface area (Å²) >= 11 is 0. The van der Waals surface area contributed by atoms with E-state index in [0.29, 0.717) is 24.5 Å². The van der Waals surface area contributed by atoms with Crippen LogP contribution in [0.2, 0.25) is 0 Å². The molecule has 2 aliphatic heterocycles. The van der Waals surface area contributed by atoms with E-state index in [-0.39, 0.29) is 18.9 Å². The summed E-state index contributed by atoms with van der Waals surface area (Å²) in [5.74, 6) is -2.72. The van der Waals surface area contributed by atoms with Crippen LogP contribution >= 0.6 is 0 Å². The van der Waals surface area contributed by atoms with Gasteiger partial charge in [-0.05, 0) is 64.4 Å². The van der Waals surface area contributed by atoms with E-state index in [4.69, 9.17) is 9.90 Å². The molecule has 2 saturated heterocycles. The standard InChI is InChI=1S/C23H38N4O3S.C2HF3O2/c1-20-7-8-22(21(2)19-20)31(29,30)27(15-6-14-25-12-4-3-5-13-25)16-9-23(28)26-17-10-24-11-18-26;3-2(4,5)1(6)7/h7-8,19,24H,3-6,9-18H2,1-2H3;(H,6,7). The number of carbonyl (C=O) groups excluding carboxylic acids is 1. The summed E-state index contributed by atoms with van der Waals surface area (Å²) in [6.07, 6.45) is -0.328. The van der Waals surface area contributed by atoms with Crippen LogP contribution in [0.25, 0.3) is 0 Å². The summed E-state index contributed by atoms with van der Waals surface area (Å²) in [6.45, 7) is 10.6. The number of hydrogen-bond donors (Lipinski definition) is 2. The van der Waals surface area contributed by atoms with E-state index < -0.39 is 22.2 Å². The number of carbonyl (C=O) groups is 2. The van der Waals surface area contributed by atoms with Crippen molar-refractivity contribution < 1.29 is 36.3 Å². The molecule has 9 nitrogen and oxygen atoms in total. The summed E-state index contributed by atoms with van der Waals surface area (Å²) in [4.78, 5) is 26.2. The van der Waals surface area contributed by atoms with Gasteiger partial charge in [-0.2, -0.15) is 17.5 Å². The lowest BCUT2D eigenvalue weighted by atomic mass is 10.1. The van der Waals surface area contributed by atoms with Gasteiger partial charge < -0.3 is 20.2 Å². The van der Waals surface area contributed by atoms with Gasteiger partial charge in [-0.25, -0.2) is 13.2 Å². The van der Waals surface area contributed by atoms with Gasteiger partial charge in [-0.1, -0.05) is 24.1 Å². The zero-order valence-electron chi connectivity index (χ0n) is 22.1. The van der Waals surface area contributed by atoms with Crippen LogP contribution in [0, 0.1) is 13.8 Å². The molecular weight excluding hydrogens is 525 g/mol. The first-order chi connectivity index (χ1) is 17.8. The third kappa shape index (κ3) is 10.2. The molecule has 38 heavy (non-hydrogen) atoms. The van der Waals surface area contributed by atoms with Crippen LogP contribution in [0.5, 0.6) is 0 Å². The Balaban J connectivity index is 0.000000638. The van der Waals surface area contributed by atoms with Crippen molar-refractivity contribution in [2.24, 2.45) is 0 Å². The maximum Gasteiger partial charge on any atom is 0.490 e. The number of aliphatic carboxylic acids is 1. The third-order valence-electron chi connectivity index (χ3n) is 6.57. The topological polar surface area (TPSA) is 110 Å². The summed E-state index contributed by atoms with van der Waals surface area (Å²) in [5.41, 5.74) is 1.80. The van der Waals surface area contributed by atoms with Crippen molar-refractivity contribution in [2.75, 3.05) is 58.9 Å². The SMILES string of the molecule is Cc1ccc(S(=O)(=O)N(CCCN2CCCCC2)CCC(=O)N2CCNCC2)c(C)c1.O=C(O)C(F)(F)F. The summed E-state index contributed by atoms with van der Waals surface area (Å²) in [6, 6.07) is 5.46. The van der Waals surface area contributed by atoms with Gasteiger partial charge in [0, 0.05) is 45.7 Å². The number of carboxylic acids is 1. The highest BCUT2D eigenvalue weighted by Gasteiger charge is 2.38. The first-order valence-electron chi connectivity index (χ1n) is 12.9. The number of nitrogens with zero attached hydrogens (tertiary/aromatic N) is 3. The first kappa shape index (κ1) is 32.0. The number of carboxylic acid groups (broad SMARTS) is 1. The van der Waals surface area contributed by atoms with Crippen molar-refractivity contribution in [2.45, 2.75) is 57.0 Å². The summed E-state index contributed by atoms with van der Waals surface area (Å²) in [5, 5.41) is 10.4. The molecular formula is C25H39F3N4O5S. The molecule has 1 amide bonds. The first-order valence-corrected chi connectivity index (χ1v) is 14.3. The van der Waals surface area contributed by atoms with Crippen LogP contribution < -0.4 is 5.32 Å². The van der Waals surface area contributed by atoms with Gasteiger partial charge in [-0.15, -0.1) is 0 Å². The average molecular weight is 565 g/mol. The number of halogens is 3. The number of piperazine rings is 1. The van der Waals surface area contributed by atoms with Gasteiger partial charge in [0.2, 0.25) is 15.9 Å². The molecule has 0 bridgehead atoms. The Kier molecular flexibility index (Phi) is 12.5. The minimum atomic E-state index is -5.08. The van der Waals surface area contributed by atoms with Gasteiger partial charge in [0.05, 0.1) is 4.90 Å². The molecule has 216 valence electrons. The highest BCUT2D eigenvalue weighted by molar-refractivity contribution is 7.89. The lowest BCUT2D eigenvalue weighted by molar-refractivity contribution is -0.192. The number of aryl methyl sites for hydroxylation is 2. The molecule has 1 aromatic rings. The lowest BCUT2D eigenvalue weighted by Crippen LogP contribution is -2.47. The van der Waals surface area contributed by atoms with Crippen molar-refractivity contribution >= 4 is 21.9 Å². The minimum absolute atomic E-state index is 0.0401. The zero-order chi connectivity index (χ0) is 28.3. The van der Waals surface area contributed by atoms with Crippen molar-refractivity contribution in [3.8, 4) is 0 Å². The Hall–Kier alpha value is -2.22. The summed E-state index contributed by atoms with van der Waals surface area (Å²) in [7, 11) is -3.65. The van der Waals surface area contributed by atoms with E-state index in [2.05, 4.69) is 10.2 Å². The van der Waals surface area contributed by atoms with Gasteiger partial charge >= 0.3 is 12.1 Å². The van der Waals surface area contributed by atoms with E-state index in [9.17, 15) is 26.4 Å². The Morgan fingerprint density at radius 2 is 1.63 bits per heavy atom. The molecule has 0 unspecified atom stereocenters. The maximum atomic E-state index is 13.5. The average Bonchev–Trinajstić information content (AvgIpc) is 2.86. The van der Waals surface area contributed by atoms with Crippen LogP contribution in [0.1, 0.15) is 43.2 Å². The van der Waals surface area contributed by atoms with E-state index in [0.717, 1.165) is 50.3 Å². The molecule has 3 rings (SSSR count). The van der Waals surface area contributed by atoms with Crippen molar-refractivity contribution in [1.29, 1.82) is 0 Å². The van der Waals surface area contributed by atoms with Gasteiger partial charge in [0.15, 0.2) is 0 Å². The number of nitrogens with one attached hydrogen (secondary N) is 1. The maximum absolute atomic E-state index is 13.5. The predicted octanol–water partition coefficient (Wildman–Crippen LogP) is 2.63. The van der Waals surface area contributed by atoms with E-state index in [1.54, 1.807) is 6.07 Å². The fraction of sp³-hybridized carbons (Fsp3) is 0.680. The van der Waals surface area contributed by atoms with E-state index in [1.807, 2.05) is 30.9 Å². The second-order valence-corrected chi connectivity index (χ2v) is 11.5. The number of amides is 1. The highest BCUT2D eigenvalue weighted by atomic mass is 32.2. The fourth-order valence-electron chi connectivity index (χ4n) is 4.53. The second kappa shape index (κ2) is 14.8. The summed E-state index contributed by atoms with van der Waals surface area (Å²) < 4.78 is 60.3. The molecule has 2 fully saturated rings. The Morgan fingerprint density at radius 1 is 1.03 bits per heavy atom. The molecule has 1 aromatic carbocycles. The van der Waals surface area contributed by atoms with Crippen LogP contribution in [0.4, 0.5) is 13.2 Å². The molecule has 0 spiro atoms. The smallest absolute Gasteiger partial charge is 0.475 e. The van der Waals surface area contributed by atoms with Crippen molar-refractivity contribution in [3.05, 3.63) is 29.3 Å². The van der Waals surface area contributed by atoms with Gasteiger partial charge in [-0.3, -0.25) is 4.79 Å². The number of likely N-dealkylation sites (tertiary alicyclic amines) is 1. The molecule has 2 N–H and O–H groups in total. The molecule has 0 saturated carbocycles. The molecule has 2 heterocycles. The fourth-order valence-corrected chi connectivity index (χ4v) is 6.21. The largest absolute Gasteiger partial charge is 0.490 e. The van der Waals surface area contributed by atoms with Crippen LogP contribution in [-0.2, 0) is 19.6 Å². The molecule has 0 atom stereocenters. The molecule has 0 radical (unpaired) electrons. The normalized spacial score (nSPS) is 17.2. The molecule has 2 aliphatic rings. The van der Waals surface area contributed by atoms with E-state index in [1.165, 1.54) is 23.6 Å². The molecule has 0 aromatic heterocycles. The number of rotatable bonds is 9. The number of piperidine rings is 1. The highest BCUT2D eigenvalue weighted by Crippen LogP contribution is 2.22. The van der Waals surface area contributed by atoms with E-state index >= 15 is 0 Å². The van der Waals surface area contributed by atoms with Gasteiger partial charge in [0.25, 0.3) is 0 Å². The Bertz CT molecular complexity index is 1020. The number of hydrogen-bond acceptors (Lipinski definition) is 6. The quantitative estimate of drug-likeness (QED) is 0.475. The zero-order valence-corrected chi connectivity index (χ0v) is 22.9. The Morgan fingerprint density at radius 3 is 2.18 bits per heavy atom. The number of benzene rings is 1. The molecule has 0 aliphatic carbocycles. The minimum Gasteiger partial charge on any atom is -0.475 e. The predicted molar refractivity (Wildman–Crippen MR) is 137 cm³/mol.